The van der Waals surface area contributed by atoms with Gasteiger partial charge in [-0.25, -0.2) is 4.79 Å². The van der Waals surface area contributed by atoms with Crippen LogP contribution in [0, 0.1) is 0 Å². The van der Waals surface area contributed by atoms with E-state index in [1.54, 1.807) is 48.5 Å². The van der Waals surface area contributed by atoms with Crippen LogP contribution >= 0.6 is 11.6 Å². The lowest BCUT2D eigenvalue weighted by Gasteiger charge is -2.08. The van der Waals surface area contributed by atoms with Gasteiger partial charge in [-0.1, -0.05) is 23.7 Å². The van der Waals surface area contributed by atoms with Crippen LogP contribution in [0.25, 0.3) is 0 Å². The van der Waals surface area contributed by atoms with Crippen LogP contribution in [0.1, 0.15) is 10.4 Å². The summed E-state index contributed by atoms with van der Waals surface area (Å²) >= 11 is 5.77. The molecule has 2 aromatic rings. The van der Waals surface area contributed by atoms with E-state index in [-0.39, 0.29) is 12.3 Å². The summed E-state index contributed by atoms with van der Waals surface area (Å²) in [4.78, 5) is 23.4. The highest BCUT2D eigenvalue weighted by molar-refractivity contribution is 6.30. The highest BCUT2D eigenvalue weighted by Gasteiger charge is 2.06. The average Bonchev–Trinajstić information content (AvgIpc) is 2.49. The maximum Gasteiger partial charge on any atom is 0.323 e. The molecule has 0 fully saturated rings. The quantitative estimate of drug-likeness (QED) is 0.759. The number of carbonyl (C=O) groups is 2. The van der Waals surface area contributed by atoms with Gasteiger partial charge >= 0.3 is 6.03 Å². The van der Waals surface area contributed by atoms with Gasteiger partial charge in [-0.3, -0.25) is 4.79 Å². The van der Waals surface area contributed by atoms with Crippen LogP contribution in [0.3, 0.4) is 0 Å². The lowest BCUT2D eigenvalue weighted by Crippen LogP contribution is -2.20. The summed E-state index contributed by atoms with van der Waals surface area (Å²) < 4.78 is 0. The molecule has 0 bridgehead atoms. The van der Waals surface area contributed by atoms with Crippen molar-refractivity contribution in [3.8, 4) is 0 Å². The Labute approximate surface area is 127 Å². The van der Waals surface area contributed by atoms with Crippen LogP contribution in [0.4, 0.5) is 16.2 Å². The smallest absolute Gasteiger partial charge is 0.323 e. The van der Waals surface area contributed by atoms with Gasteiger partial charge in [-0.2, -0.15) is 0 Å². The first-order valence-electron chi connectivity index (χ1n) is 6.25. The van der Waals surface area contributed by atoms with Crippen LogP contribution in [0.15, 0.2) is 48.5 Å². The summed E-state index contributed by atoms with van der Waals surface area (Å²) in [6.07, 6.45) is 0. The molecule has 21 heavy (non-hydrogen) atoms. The number of carbonyl (C=O) groups excluding carboxylic acids is 2. The Morgan fingerprint density at radius 3 is 2.33 bits per heavy atom. The molecule has 2 aromatic carbocycles. The number of rotatable bonds is 4. The fourth-order valence-electron chi connectivity index (χ4n) is 1.71. The fourth-order valence-corrected chi connectivity index (χ4v) is 1.84. The van der Waals surface area contributed by atoms with Gasteiger partial charge in [0, 0.05) is 22.0 Å². The number of benzene rings is 2. The Balaban J connectivity index is 2.02. The van der Waals surface area contributed by atoms with Gasteiger partial charge in [0.2, 0.25) is 0 Å². The van der Waals surface area contributed by atoms with Crippen LogP contribution in [0.5, 0.6) is 0 Å². The molecule has 0 heterocycles. The molecule has 4 N–H and O–H groups in total. The Bertz CT molecular complexity index is 656. The number of nitrogens with two attached hydrogens (primary N) is 1. The van der Waals surface area contributed by atoms with E-state index in [2.05, 4.69) is 10.6 Å². The third-order valence-electron chi connectivity index (χ3n) is 2.73. The molecular weight excluding hydrogens is 290 g/mol. The molecular formula is C15H14ClN3O2. The van der Waals surface area contributed by atoms with E-state index in [9.17, 15) is 9.59 Å². The van der Waals surface area contributed by atoms with Crippen molar-refractivity contribution in [3.63, 3.8) is 0 Å². The first-order chi connectivity index (χ1) is 10.1. The van der Waals surface area contributed by atoms with Gasteiger partial charge in [-0.15, -0.1) is 0 Å². The van der Waals surface area contributed by atoms with Crippen molar-refractivity contribution in [1.82, 2.24) is 0 Å². The first-order valence-corrected chi connectivity index (χ1v) is 6.63. The summed E-state index contributed by atoms with van der Waals surface area (Å²) in [5.74, 6) is -0.184. The van der Waals surface area contributed by atoms with E-state index in [4.69, 9.17) is 17.3 Å². The second-order valence-electron chi connectivity index (χ2n) is 4.29. The van der Waals surface area contributed by atoms with E-state index in [1.165, 1.54) is 0 Å². The van der Waals surface area contributed by atoms with Crippen molar-refractivity contribution in [3.05, 3.63) is 59.1 Å². The normalized spacial score (nSPS) is 10.0. The summed E-state index contributed by atoms with van der Waals surface area (Å²) in [7, 11) is 0. The summed E-state index contributed by atoms with van der Waals surface area (Å²) in [5.41, 5.74) is 6.90. The molecule has 2 amide bonds. The molecule has 0 aliphatic rings. The van der Waals surface area contributed by atoms with E-state index in [0.717, 1.165) is 0 Å². The number of amides is 2. The molecule has 0 spiro atoms. The Kier molecular flexibility index (Phi) is 4.92. The molecule has 0 saturated heterocycles. The van der Waals surface area contributed by atoms with Crippen LogP contribution in [-0.2, 0) is 0 Å². The molecule has 2 rings (SSSR count). The number of urea groups is 1. The third-order valence-corrected chi connectivity index (χ3v) is 2.98. The Morgan fingerprint density at radius 2 is 1.67 bits per heavy atom. The molecule has 0 aliphatic heterocycles. The number of anilines is 2. The second kappa shape index (κ2) is 6.88. The standard InChI is InChI=1S/C15H14ClN3O2/c16-11-4-6-12(7-5-11)18-15(21)19-13-3-1-2-10(8-13)14(20)9-17/h1-8H,9,17H2,(H2,18,19,21). The summed E-state index contributed by atoms with van der Waals surface area (Å²) in [6.45, 7) is -0.0690. The number of hydrogen-bond acceptors (Lipinski definition) is 3. The number of ketones is 1. The number of halogens is 1. The van der Waals surface area contributed by atoms with Crippen LogP contribution in [-0.4, -0.2) is 18.4 Å². The molecule has 0 atom stereocenters. The van der Waals surface area contributed by atoms with Crippen LogP contribution < -0.4 is 16.4 Å². The Hall–Kier alpha value is -2.37. The van der Waals surface area contributed by atoms with Crippen molar-refractivity contribution in [2.24, 2.45) is 5.73 Å². The highest BCUT2D eigenvalue weighted by atomic mass is 35.5. The third kappa shape index (κ3) is 4.30. The van der Waals surface area contributed by atoms with E-state index in [1.807, 2.05) is 0 Å². The summed E-state index contributed by atoms with van der Waals surface area (Å²) in [6, 6.07) is 12.9. The summed E-state index contributed by atoms with van der Waals surface area (Å²) in [5, 5.41) is 5.90. The van der Waals surface area contributed by atoms with Gasteiger partial charge in [0.05, 0.1) is 6.54 Å². The average molecular weight is 304 g/mol. The minimum atomic E-state index is -0.408. The van der Waals surface area contributed by atoms with Gasteiger partial charge in [0.15, 0.2) is 5.78 Å². The topological polar surface area (TPSA) is 84.2 Å². The molecule has 5 nitrogen and oxygen atoms in total. The number of nitrogens with one attached hydrogen (secondary N) is 2. The van der Waals surface area contributed by atoms with E-state index >= 15 is 0 Å². The molecule has 0 aliphatic carbocycles. The fraction of sp³-hybridized carbons (Fsp3) is 0.0667. The maximum atomic E-state index is 11.9. The zero-order valence-electron chi connectivity index (χ0n) is 11.1. The number of hydrogen-bond donors (Lipinski definition) is 3. The predicted octanol–water partition coefficient (Wildman–Crippen LogP) is 3.13. The predicted molar refractivity (Wildman–Crippen MR) is 83.9 cm³/mol. The van der Waals surface area contributed by atoms with Crippen molar-refractivity contribution in [2.75, 3.05) is 17.2 Å². The van der Waals surface area contributed by atoms with Gasteiger partial charge < -0.3 is 16.4 Å². The minimum Gasteiger partial charge on any atom is -0.324 e. The van der Waals surface area contributed by atoms with Gasteiger partial charge in [0.1, 0.15) is 0 Å². The van der Waals surface area contributed by atoms with Crippen molar-refractivity contribution < 1.29 is 9.59 Å². The van der Waals surface area contributed by atoms with E-state index in [0.29, 0.717) is 22.0 Å². The monoisotopic (exact) mass is 303 g/mol. The van der Waals surface area contributed by atoms with Crippen molar-refractivity contribution in [1.29, 1.82) is 0 Å². The minimum absolute atomic E-state index is 0.0690. The first kappa shape index (κ1) is 15.0. The van der Waals surface area contributed by atoms with E-state index < -0.39 is 6.03 Å². The van der Waals surface area contributed by atoms with Crippen LogP contribution in [0.2, 0.25) is 5.02 Å². The molecule has 0 saturated carbocycles. The van der Waals surface area contributed by atoms with Crippen molar-refractivity contribution in [2.45, 2.75) is 0 Å². The largest absolute Gasteiger partial charge is 0.324 e. The second-order valence-corrected chi connectivity index (χ2v) is 4.73. The zero-order valence-corrected chi connectivity index (χ0v) is 11.9. The lowest BCUT2D eigenvalue weighted by atomic mass is 10.1. The molecule has 0 unspecified atom stereocenters. The lowest BCUT2D eigenvalue weighted by molar-refractivity contribution is 0.100. The van der Waals surface area contributed by atoms with Gasteiger partial charge in [-0.05, 0) is 36.4 Å². The molecule has 108 valence electrons. The molecule has 6 heteroatoms. The van der Waals surface area contributed by atoms with Gasteiger partial charge in [0.25, 0.3) is 0 Å². The number of Topliss-reactive ketones (excluding diaryl/α,β-unsaturated/α-hetero) is 1. The zero-order chi connectivity index (χ0) is 15.2. The SMILES string of the molecule is NCC(=O)c1cccc(NC(=O)Nc2ccc(Cl)cc2)c1. The maximum absolute atomic E-state index is 11.9. The highest BCUT2D eigenvalue weighted by Crippen LogP contribution is 2.15. The molecule has 0 aromatic heterocycles. The Morgan fingerprint density at radius 1 is 1.00 bits per heavy atom. The van der Waals surface area contributed by atoms with Crippen molar-refractivity contribution >= 4 is 34.8 Å². The molecule has 0 radical (unpaired) electrons.